The Labute approximate surface area is 128 Å². The lowest BCUT2D eigenvalue weighted by atomic mass is 9.79. The summed E-state index contributed by atoms with van der Waals surface area (Å²) in [6, 6.07) is 5.29. The molecule has 21 heavy (non-hydrogen) atoms. The maximum absolute atomic E-state index is 14.7. The Morgan fingerprint density at radius 3 is 2.29 bits per heavy atom. The lowest BCUT2D eigenvalue weighted by molar-refractivity contribution is 0.0870. The topological polar surface area (TPSA) is 24.5 Å². The summed E-state index contributed by atoms with van der Waals surface area (Å²) in [5.41, 5.74) is 0.539. The van der Waals surface area contributed by atoms with Crippen LogP contribution < -0.4 is 10.1 Å². The second-order valence-electron chi connectivity index (χ2n) is 5.56. The van der Waals surface area contributed by atoms with Crippen molar-refractivity contribution in [3.05, 3.63) is 29.6 Å². The van der Waals surface area contributed by atoms with Gasteiger partial charge in [0.05, 0.1) is 13.2 Å². The van der Waals surface area contributed by atoms with E-state index in [1.165, 1.54) is 7.11 Å². The van der Waals surface area contributed by atoms with Crippen LogP contribution in [0.2, 0.25) is 0 Å². The zero-order chi connectivity index (χ0) is 16.0. The summed E-state index contributed by atoms with van der Waals surface area (Å²) < 4.78 is 19.9. The molecular weight excluding hydrogens is 267 g/mol. The van der Waals surface area contributed by atoms with Gasteiger partial charge in [0.15, 0.2) is 11.6 Å². The molecule has 0 aliphatic carbocycles. The summed E-state index contributed by atoms with van der Waals surface area (Å²) >= 11 is 0. The van der Waals surface area contributed by atoms with Crippen molar-refractivity contribution in [3.8, 4) is 5.75 Å². The highest BCUT2D eigenvalue weighted by Crippen LogP contribution is 2.38. The predicted octanol–water partition coefficient (Wildman–Crippen LogP) is 3.61. The van der Waals surface area contributed by atoms with Gasteiger partial charge in [-0.05, 0) is 39.5 Å². The van der Waals surface area contributed by atoms with Gasteiger partial charge in [-0.3, -0.25) is 0 Å². The first kappa shape index (κ1) is 17.9. The lowest BCUT2D eigenvalue weighted by Crippen LogP contribution is -2.53. The van der Waals surface area contributed by atoms with Gasteiger partial charge in [0.1, 0.15) is 0 Å². The number of likely N-dealkylation sites (N-methyl/N-ethyl adjacent to an activating group) is 2. The number of nitrogens with zero attached hydrogens (tertiary/aromatic N) is 1. The molecule has 0 spiro atoms. The zero-order valence-electron chi connectivity index (χ0n) is 14.2. The standard InChI is InChI=1S/C17H29FN2O/c1-7-17(8-2,20(4)5)16(19-9-3)13-11-10-12-14(21-6)15(13)18/h10-12,16,19H,7-9H2,1-6H3. The average Bonchev–Trinajstić information content (AvgIpc) is 2.48. The summed E-state index contributed by atoms with van der Waals surface area (Å²) in [7, 11) is 5.63. The van der Waals surface area contributed by atoms with Gasteiger partial charge in [0, 0.05) is 11.1 Å². The highest BCUT2D eigenvalue weighted by molar-refractivity contribution is 5.35. The fourth-order valence-corrected chi connectivity index (χ4v) is 3.25. The molecule has 1 aromatic carbocycles. The van der Waals surface area contributed by atoms with E-state index in [0.29, 0.717) is 11.3 Å². The maximum atomic E-state index is 14.7. The van der Waals surface area contributed by atoms with Gasteiger partial charge in [0.25, 0.3) is 0 Å². The first-order chi connectivity index (χ1) is 9.98. The van der Waals surface area contributed by atoms with Crippen LogP contribution in [0.5, 0.6) is 5.75 Å². The molecule has 1 atom stereocenters. The molecule has 0 saturated heterocycles. The van der Waals surface area contributed by atoms with Crippen molar-refractivity contribution in [3.63, 3.8) is 0 Å². The minimum atomic E-state index is -0.265. The fraction of sp³-hybridized carbons (Fsp3) is 0.647. The van der Waals surface area contributed by atoms with Crippen LogP contribution in [0.4, 0.5) is 4.39 Å². The summed E-state index contributed by atoms with van der Waals surface area (Å²) in [4.78, 5) is 2.21. The van der Waals surface area contributed by atoms with Gasteiger partial charge < -0.3 is 15.0 Å². The van der Waals surface area contributed by atoms with E-state index in [2.05, 4.69) is 45.1 Å². The number of nitrogens with one attached hydrogen (secondary N) is 1. The van der Waals surface area contributed by atoms with Crippen molar-refractivity contribution in [1.82, 2.24) is 10.2 Å². The van der Waals surface area contributed by atoms with Crippen molar-refractivity contribution in [2.75, 3.05) is 27.7 Å². The average molecular weight is 296 g/mol. The molecule has 0 radical (unpaired) electrons. The molecule has 0 heterocycles. The van der Waals surface area contributed by atoms with Crippen LogP contribution in [-0.2, 0) is 0 Å². The van der Waals surface area contributed by atoms with Crippen molar-refractivity contribution in [2.24, 2.45) is 0 Å². The summed E-state index contributed by atoms with van der Waals surface area (Å²) in [5, 5.41) is 3.48. The van der Waals surface area contributed by atoms with E-state index in [1.807, 2.05) is 12.1 Å². The Kier molecular flexibility index (Phi) is 6.62. The molecule has 1 N–H and O–H groups in total. The monoisotopic (exact) mass is 296 g/mol. The Bertz CT molecular complexity index is 444. The van der Waals surface area contributed by atoms with E-state index in [0.717, 1.165) is 19.4 Å². The Morgan fingerprint density at radius 1 is 1.24 bits per heavy atom. The van der Waals surface area contributed by atoms with E-state index in [1.54, 1.807) is 6.07 Å². The Morgan fingerprint density at radius 2 is 1.86 bits per heavy atom. The second-order valence-corrected chi connectivity index (χ2v) is 5.56. The van der Waals surface area contributed by atoms with Gasteiger partial charge in [0.2, 0.25) is 0 Å². The van der Waals surface area contributed by atoms with Gasteiger partial charge in [-0.1, -0.05) is 32.9 Å². The molecule has 3 nitrogen and oxygen atoms in total. The molecule has 0 saturated carbocycles. The van der Waals surface area contributed by atoms with Crippen LogP contribution >= 0.6 is 0 Å². The number of hydrogen-bond donors (Lipinski definition) is 1. The van der Waals surface area contributed by atoms with E-state index in [9.17, 15) is 4.39 Å². The summed E-state index contributed by atoms with van der Waals surface area (Å²) in [6.45, 7) is 7.16. The van der Waals surface area contributed by atoms with E-state index >= 15 is 0 Å². The molecule has 0 fully saturated rings. The first-order valence-corrected chi connectivity index (χ1v) is 7.71. The molecule has 1 aromatic rings. The van der Waals surface area contributed by atoms with Crippen LogP contribution in [0, 0.1) is 5.82 Å². The third-order valence-electron chi connectivity index (χ3n) is 4.58. The minimum Gasteiger partial charge on any atom is -0.494 e. The number of benzene rings is 1. The van der Waals surface area contributed by atoms with Crippen LogP contribution in [0.15, 0.2) is 18.2 Å². The molecular formula is C17H29FN2O. The van der Waals surface area contributed by atoms with Gasteiger partial charge in [-0.2, -0.15) is 0 Å². The van der Waals surface area contributed by atoms with Crippen molar-refractivity contribution in [1.29, 1.82) is 0 Å². The van der Waals surface area contributed by atoms with E-state index < -0.39 is 0 Å². The summed E-state index contributed by atoms with van der Waals surface area (Å²) in [5.74, 6) is 0.0364. The molecule has 0 amide bonds. The Hall–Kier alpha value is -1.13. The number of rotatable bonds is 8. The fourth-order valence-electron chi connectivity index (χ4n) is 3.25. The second kappa shape index (κ2) is 7.76. The molecule has 1 unspecified atom stereocenters. The first-order valence-electron chi connectivity index (χ1n) is 7.71. The van der Waals surface area contributed by atoms with Gasteiger partial charge >= 0.3 is 0 Å². The minimum absolute atomic E-state index is 0.0809. The predicted molar refractivity (Wildman–Crippen MR) is 86.4 cm³/mol. The third-order valence-corrected chi connectivity index (χ3v) is 4.58. The molecule has 0 aliphatic rings. The lowest BCUT2D eigenvalue weighted by Gasteiger charge is -2.45. The molecule has 0 aromatic heterocycles. The number of hydrogen-bond acceptors (Lipinski definition) is 3. The van der Waals surface area contributed by atoms with Crippen LogP contribution in [0.25, 0.3) is 0 Å². The quantitative estimate of drug-likeness (QED) is 0.793. The molecule has 0 aliphatic heterocycles. The molecule has 1 rings (SSSR count). The number of methoxy groups -OCH3 is 1. The largest absolute Gasteiger partial charge is 0.494 e. The highest BCUT2D eigenvalue weighted by Gasteiger charge is 2.39. The normalized spacial score (nSPS) is 13.5. The number of ether oxygens (including phenoxy) is 1. The molecule has 4 heteroatoms. The maximum Gasteiger partial charge on any atom is 0.169 e. The van der Waals surface area contributed by atoms with Crippen LogP contribution in [0.3, 0.4) is 0 Å². The highest BCUT2D eigenvalue weighted by atomic mass is 19.1. The Balaban J connectivity index is 3.41. The molecule has 0 bridgehead atoms. The third kappa shape index (κ3) is 3.38. The van der Waals surface area contributed by atoms with E-state index in [-0.39, 0.29) is 17.4 Å². The van der Waals surface area contributed by atoms with Crippen LogP contribution in [0.1, 0.15) is 45.2 Å². The SMILES string of the molecule is CCNC(c1cccc(OC)c1F)C(CC)(CC)N(C)C. The van der Waals surface area contributed by atoms with Gasteiger partial charge in [-0.15, -0.1) is 0 Å². The smallest absolute Gasteiger partial charge is 0.169 e. The summed E-state index contributed by atoms with van der Waals surface area (Å²) in [6.07, 6.45) is 1.87. The van der Waals surface area contributed by atoms with Crippen molar-refractivity contribution >= 4 is 0 Å². The zero-order valence-corrected chi connectivity index (χ0v) is 14.2. The van der Waals surface area contributed by atoms with Crippen LogP contribution in [-0.4, -0.2) is 38.2 Å². The van der Waals surface area contributed by atoms with E-state index in [4.69, 9.17) is 4.74 Å². The molecule has 120 valence electrons. The van der Waals surface area contributed by atoms with Gasteiger partial charge in [-0.25, -0.2) is 4.39 Å². The number of halogens is 1. The van der Waals surface area contributed by atoms with Crippen molar-refractivity contribution in [2.45, 2.75) is 45.2 Å². The van der Waals surface area contributed by atoms with Crippen molar-refractivity contribution < 1.29 is 9.13 Å².